The summed E-state index contributed by atoms with van der Waals surface area (Å²) in [7, 11) is 0. The van der Waals surface area contributed by atoms with Crippen LogP contribution >= 0.6 is 0 Å². The van der Waals surface area contributed by atoms with E-state index in [0.717, 1.165) is 19.3 Å². The van der Waals surface area contributed by atoms with Crippen molar-refractivity contribution >= 4 is 5.78 Å². The molecule has 0 rings (SSSR count). The van der Waals surface area contributed by atoms with Gasteiger partial charge in [0, 0.05) is 5.41 Å². The number of carbonyl (C=O) groups is 1. The topological polar surface area (TPSA) is 17.1 Å². The van der Waals surface area contributed by atoms with E-state index in [-0.39, 0.29) is 11.2 Å². The first kappa shape index (κ1) is 15.4. The van der Waals surface area contributed by atoms with Crippen LogP contribution in [0.4, 0.5) is 0 Å². The molecule has 0 heterocycles. The molecule has 0 radical (unpaired) electrons. The van der Waals surface area contributed by atoms with Crippen LogP contribution in [0.25, 0.3) is 0 Å². The van der Waals surface area contributed by atoms with Gasteiger partial charge in [0.2, 0.25) is 0 Å². The van der Waals surface area contributed by atoms with E-state index in [1.165, 1.54) is 6.08 Å². The van der Waals surface area contributed by atoms with Gasteiger partial charge in [0.25, 0.3) is 0 Å². The van der Waals surface area contributed by atoms with Crippen LogP contribution in [0.15, 0.2) is 12.7 Å². The number of ketones is 1. The predicted octanol–water partition coefficient (Wildman–Crippen LogP) is 4.62. The normalized spacial score (nSPS) is 17.6. The van der Waals surface area contributed by atoms with Gasteiger partial charge in [-0.3, -0.25) is 4.79 Å². The molecular formula is C15H28O. The summed E-state index contributed by atoms with van der Waals surface area (Å²) in [6, 6.07) is 0. The summed E-state index contributed by atoms with van der Waals surface area (Å²) in [5.74, 6) is 0.590. The van der Waals surface area contributed by atoms with E-state index in [4.69, 9.17) is 0 Å². The number of hydrogen-bond donors (Lipinski definition) is 0. The molecule has 0 bridgehead atoms. The van der Waals surface area contributed by atoms with Gasteiger partial charge in [0.1, 0.15) is 0 Å². The summed E-state index contributed by atoms with van der Waals surface area (Å²) < 4.78 is 0. The van der Waals surface area contributed by atoms with Gasteiger partial charge in [-0.1, -0.05) is 54.5 Å². The van der Waals surface area contributed by atoms with Crippen LogP contribution in [0.3, 0.4) is 0 Å². The van der Waals surface area contributed by atoms with Crippen LogP contribution in [0.1, 0.15) is 60.8 Å². The van der Waals surface area contributed by atoms with Crippen LogP contribution in [0.2, 0.25) is 0 Å². The van der Waals surface area contributed by atoms with E-state index in [0.29, 0.717) is 11.3 Å². The highest BCUT2D eigenvalue weighted by molar-refractivity contribution is 5.94. The lowest BCUT2D eigenvalue weighted by Gasteiger charge is -2.37. The van der Waals surface area contributed by atoms with Crippen molar-refractivity contribution in [1.29, 1.82) is 0 Å². The molecule has 0 aromatic rings. The maximum atomic E-state index is 12.0. The van der Waals surface area contributed by atoms with Gasteiger partial charge in [0.05, 0.1) is 0 Å². The predicted molar refractivity (Wildman–Crippen MR) is 71.5 cm³/mol. The van der Waals surface area contributed by atoms with E-state index in [1.54, 1.807) is 0 Å². The Kier molecular flexibility index (Phi) is 5.44. The van der Waals surface area contributed by atoms with Gasteiger partial charge in [-0.05, 0) is 30.3 Å². The Morgan fingerprint density at radius 3 is 2.06 bits per heavy atom. The Hall–Kier alpha value is -0.590. The smallest absolute Gasteiger partial charge is 0.161 e. The highest BCUT2D eigenvalue weighted by Crippen LogP contribution is 2.40. The highest BCUT2D eigenvalue weighted by atomic mass is 16.1. The van der Waals surface area contributed by atoms with E-state index in [2.05, 4.69) is 48.1 Å². The van der Waals surface area contributed by atoms with E-state index in [9.17, 15) is 4.79 Å². The van der Waals surface area contributed by atoms with Crippen molar-refractivity contribution in [2.45, 2.75) is 60.8 Å². The first-order valence-corrected chi connectivity index (χ1v) is 6.40. The Bertz CT molecular complexity index is 252. The number of carbonyl (C=O) groups excluding carboxylic acids is 1. The number of hydrogen-bond acceptors (Lipinski definition) is 1. The summed E-state index contributed by atoms with van der Waals surface area (Å²) in [6.07, 6.45) is 4.62. The maximum absolute atomic E-state index is 12.0. The second-order valence-corrected chi connectivity index (χ2v) is 5.96. The van der Waals surface area contributed by atoms with Crippen LogP contribution in [0, 0.1) is 16.7 Å². The molecule has 16 heavy (non-hydrogen) atoms. The Labute approximate surface area is 101 Å². The van der Waals surface area contributed by atoms with Gasteiger partial charge in [-0.15, -0.1) is 0 Å². The number of rotatable bonds is 7. The molecule has 0 saturated heterocycles. The molecule has 0 aliphatic rings. The maximum Gasteiger partial charge on any atom is 0.161 e. The van der Waals surface area contributed by atoms with Crippen LogP contribution in [-0.2, 0) is 4.79 Å². The molecule has 1 nitrogen and oxygen atoms in total. The van der Waals surface area contributed by atoms with Gasteiger partial charge in [0.15, 0.2) is 5.78 Å². The summed E-state index contributed by atoms with van der Waals surface area (Å²) in [4.78, 5) is 12.0. The van der Waals surface area contributed by atoms with E-state index < -0.39 is 0 Å². The summed E-state index contributed by atoms with van der Waals surface area (Å²) >= 11 is 0. The fraction of sp³-hybridized carbons (Fsp3) is 0.800. The minimum absolute atomic E-state index is 0.189. The second kappa shape index (κ2) is 5.65. The fourth-order valence-electron chi connectivity index (χ4n) is 2.20. The molecule has 0 amide bonds. The minimum Gasteiger partial charge on any atom is -0.294 e. The lowest BCUT2D eigenvalue weighted by molar-refractivity contribution is -0.126. The van der Waals surface area contributed by atoms with Crippen molar-refractivity contribution in [2.75, 3.05) is 0 Å². The monoisotopic (exact) mass is 224 g/mol. The highest BCUT2D eigenvalue weighted by Gasteiger charge is 2.37. The van der Waals surface area contributed by atoms with Crippen molar-refractivity contribution in [3.8, 4) is 0 Å². The van der Waals surface area contributed by atoms with Gasteiger partial charge in [-0.25, -0.2) is 0 Å². The Morgan fingerprint density at radius 2 is 1.75 bits per heavy atom. The molecule has 1 heteroatoms. The molecule has 0 fully saturated rings. The zero-order valence-corrected chi connectivity index (χ0v) is 11.9. The standard InChI is InChI=1S/C15H28O/c1-8-13(16)15(7,10-3)12(4)11-14(5,6)9-2/h8,12H,1,9-11H2,2-7H3. The zero-order valence-electron chi connectivity index (χ0n) is 11.9. The SMILES string of the molecule is C=CC(=O)C(C)(CC)C(C)CC(C)(C)CC. The zero-order chi connectivity index (χ0) is 13.0. The first-order valence-electron chi connectivity index (χ1n) is 6.40. The van der Waals surface area contributed by atoms with Crippen molar-refractivity contribution in [3.63, 3.8) is 0 Å². The molecule has 0 aliphatic heterocycles. The van der Waals surface area contributed by atoms with Gasteiger partial charge >= 0.3 is 0 Å². The molecule has 0 saturated carbocycles. The number of allylic oxidation sites excluding steroid dienone is 1. The Balaban J connectivity index is 4.85. The first-order chi connectivity index (χ1) is 7.23. The largest absolute Gasteiger partial charge is 0.294 e. The molecule has 2 unspecified atom stereocenters. The van der Waals surface area contributed by atoms with Gasteiger partial charge < -0.3 is 0 Å². The van der Waals surface area contributed by atoms with E-state index in [1.807, 2.05) is 0 Å². The fourth-order valence-corrected chi connectivity index (χ4v) is 2.20. The molecule has 0 aromatic carbocycles. The second-order valence-electron chi connectivity index (χ2n) is 5.96. The average Bonchev–Trinajstić information content (AvgIpc) is 2.26. The minimum atomic E-state index is -0.242. The third-order valence-corrected chi connectivity index (χ3v) is 4.39. The average molecular weight is 224 g/mol. The molecule has 0 aliphatic carbocycles. The third kappa shape index (κ3) is 3.47. The summed E-state index contributed by atoms with van der Waals surface area (Å²) in [6.45, 7) is 16.8. The van der Waals surface area contributed by atoms with Gasteiger partial charge in [-0.2, -0.15) is 0 Å². The molecule has 0 spiro atoms. The molecule has 94 valence electrons. The van der Waals surface area contributed by atoms with Crippen molar-refractivity contribution in [3.05, 3.63) is 12.7 Å². The van der Waals surface area contributed by atoms with Crippen LogP contribution in [-0.4, -0.2) is 5.78 Å². The quantitative estimate of drug-likeness (QED) is 0.577. The van der Waals surface area contributed by atoms with E-state index >= 15 is 0 Å². The molecule has 0 N–H and O–H groups in total. The van der Waals surface area contributed by atoms with Crippen LogP contribution < -0.4 is 0 Å². The summed E-state index contributed by atoms with van der Waals surface area (Å²) in [5.41, 5.74) is 0.0749. The summed E-state index contributed by atoms with van der Waals surface area (Å²) in [5, 5.41) is 0. The van der Waals surface area contributed by atoms with Crippen LogP contribution in [0.5, 0.6) is 0 Å². The third-order valence-electron chi connectivity index (χ3n) is 4.39. The molecular weight excluding hydrogens is 196 g/mol. The van der Waals surface area contributed by atoms with Crippen molar-refractivity contribution in [2.24, 2.45) is 16.7 Å². The molecule has 0 aromatic heterocycles. The lowest BCUT2D eigenvalue weighted by atomic mass is 9.66. The van der Waals surface area contributed by atoms with Crippen molar-refractivity contribution in [1.82, 2.24) is 0 Å². The lowest BCUT2D eigenvalue weighted by Crippen LogP contribution is -2.35. The van der Waals surface area contributed by atoms with Crippen molar-refractivity contribution < 1.29 is 4.79 Å². The molecule has 2 atom stereocenters. The Morgan fingerprint density at radius 1 is 1.25 bits per heavy atom.